The van der Waals surface area contributed by atoms with Crippen LogP contribution in [0.1, 0.15) is 41.2 Å². The fourth-order valence-corrected chi connectivity index (χ4v) is 6.48. The molecule has 10 heteroatoms. The van der Waals surface area contributed by atoms with Gasteiger partial charge in [0.25, 0.3) is 0 Å². The van der Waals surface area contributed by atoms with Crippen molar-refractivity contribution in [3.8, 4) is 5.75 Å². The maximum atomic E-state index is 13.6. The third-order valence-electron chi connectivity index (χ3n) is 8.26. The summed E-state index contributed by atoms with van der Waals surface area (Å²) in [6.45, 7) is 4.76. The highest BCUT2D eigenvalue weighted by atomic mass is 19.4. The molecule has 3 aliphatic heterocycles. The van der Waals surface area contributed by atoms with Crippen molar-refractivity contribution in [2.24, 2.45) is 11.8 Å². The van der Waals surface area contributed by atoms with E-state index in [0.717, 1.165) is 18.6 Å². The molecule has 0 saturated carbocycles. The molecule has 2 aromatic carbocycles. The second kappa shape index (κ2) is 9.27. The lowest BCUT2D eigenvalue weighted by atomic mass is 9.71. The zero-order valence-electron chi connectivity index (χ0n) is 20.3. The number of benzene rings is 2. The number of quaternary nitrogens is 1. The van der Waals surface area contributed by atoms with E-state index in [0.29, 0.717) is 36.0 Å². The number of phenolic OH excluding ortho intramolecular Hbond substituents is 1. The number of aromatic hydroxyl groups is 1. The summed E-state index contributed by atoms with van der Waals surface area (Å²) >= 11 is 0. The van der Waals surface area contributed by atoms with E-state index in [1.54, 1.807) is 18.2 Å². The van der Waals surface area contributed by atoms with Gasteiger partial charge in [0.15, 0.2) is 0 Å². The topological polar surface area (TPSA) is 53.4 Å². The van der Waals surface area contributed by atoms with E-state index in [1.807, 2.05) is 0 Å². The van der Waals surface area contributed by atoms with E-state index in [4.69, 9.17) is 0 Å². The largest absolute Gasteiger partial charge is 0.508 e. The number of alkyl halides is 6. The van der Waals surface area contributed by atoms with Gasteiger partial charge in [0.05, 0.1) is 29.7 Å². The highest BCUT2D eigenvalue weighted by molar-refractivity contribution is 5.83. The van der Waals surface area contributed by atoms with Crippen LogP contribution < -0.4 is 0 Å². The number of nitrogens with zero attached hydrogens (tertiary/aromatic N) is 2. The standard InChI is InChI=1S/C28H26F6N2O2/c1-2-17-15-36(14-16-9-19(27(29,30)31)12-20(10-16)28(32,33)34)8-6-18(17)11-25(36)26(38)22-5-7-35-24-4-3-21(37)13-23(22)24/h2-5,7,9-10,12-13,17-18,25-26,38H,1,6,8,11,14-15H2/p+1/t17-,18-,25+,26-,36?/m0/s1. The molecule has 0 amide bonds. The van der Waals surface area contributed by atoms with Crippen LogP contribution in [0.3, 0.4) is 0 Å². The van der Waals surface area contributed by atoms with Crippen LogP contribution in [0.15, 0.2) is 61.3 Å². The average Bonchev–Trinajstić information content (AvgIpc) is 2.86. The first-order valence-electron chi connectivity index (χ1n) is 12.3. The number of piperidine rings is 3. The second-order valence-corrected chi connectivity index (χ2v) is 10.5. The summed E-state index contributed by atoms with van der Waals surface area (Å²) in [7, 11) is 0. The van der Waals surface area contributed by atoms with Crippen LogP contribution in [0.5, 0.6) is 5.75 Å². The number of hydrogen-bond donors (Lipinski definition) is 2. The number of phenols is 1. The van der Waals surface area contributed by atoms with Gasteiger partial charge >= 0.3 is 12.4 Å². The van der Waals surface area contributed by atoms with Gasteiger partial charge < -0.3 is 14.7 Å². The molecule has 3 fully saturated rings. The number of aromatic nitrogens is 1. The van der Waals surface area contributed by atoms with Crippen LogP contribution in [0.4, 0.5) is 26.3 Å². The molecule has 4 nitrogen and oxygen atoms in total. The number of rotatable bonds is 5. The van der Waals surface area contributed by atoms with Crippen LogP contribution in [0.25, 0.3) is 10.9 Å². The van der Waals surface area contributed by atoms with Crippen molar-refractivity contribution in [3.63, 3.8) is 0 Å². The lowest BCUT2D eigenvalue weighted by Gasteiger charge is -2.58. The Hall–Kier alpha value is -3.11. The molecule has 38 heavy (non-hydrogen) atoms. The summed E-state index contributed by atoms with van der Waals surface area (Å²) in [6, 6.07) is 7.46. The Morgan fingerprint density at radius 2 is 1.71 bits per heavy atom. The summed E-state index contributed by atoms with van der Waals surface area (Å²) < 4.78 is 81.6. The molecule has 3 aromatic rings. The van der Waals surface area contributed by atoms with Crippen molar-refractivity contribution < 1.29 is 41.0 Å². The molecule has 0 spiro atoms. The van der Waals surface area contributed by atoms with E-state index in [1.165, 1.54) is 18.3 Å². The molecule has 0 aliphatic carbocycles. The highest BCUT2D eigenvalue weighted by Crippen LogP contribution is 2.48. The molecule has 5 atom stereocenters. The van der Waals surface area contributed by atoms with Crippen molar-refractivity contribution in [2.75, 3.05) is 13.1 Å². The molecule has 3 aliphatic rings. The van der Waals surface area contributed by atoms with Crippen LogP contribution in [-0.4, -0.2) is 38.8 Å². The Morgan fingerprint density at radius 3 is 2.34 bits per heavy atom. The van der Waals surface area contributed by atoms with Gasteiger partial charge in [-0.3, -0.25) is 4.98 Å². The van der Waals surface area contributed by atoms with Gasteiger partial charge in [-0.25, -0.2) is 0 Å². The molecule has 1 unspecified atom stereocenters. The van der Waals surface area contributed by atoms with Gasteiger partial charge in [0.2, 0.25) is 0 Å². The quantitative estimate of drug-likeness (QED) is 0.219. The zero-order valence-corrected chi connectivity index (χ0v) is 20.3. The monoisotopic (exact) mass is 537 g/mol. The number of hydrogen-bond acceptors (Lipinski definition) is 3. The summed E-state index contributed by atoms with van der Waals surface area (Å²) in [5.41, 5.74) is -1.71. The lowest BCUT2D eigenvalue weighted by Crippen LogP contribution is -2.67. The molecular weight excluding hydrogens is 510 g/mol. The lowest BCUT2D eigenvalue weighted by molar-refractivity contribution is -0.984. The van der Waals surface area contributed by atoms with Crippen LogP contribution in [0, 0.1) is 11.8 Å². The number of halogens is 6. The second-order valence-electron chi connectivity index (χ2n) is 10.5. The van der Waals surface area contributed by atoms with E-state index >= 15 is 0 Å². The SMILES string of the molecule is C=C[C@H]1C[N+]2(Cc3cc(C(F)(F)F)cc(C(F)(F)F)c3)CC[C@H]1C[C@@H]2[C@@H](O)c1ccnc2ccc(O)cc12. The summed E-state index contributed by atoms with van der Waals surface area (Å²) in [5.74, 6) is 0.211. The van der Waals surface area contributed by atoms with Crippen molar-refractivity contribution in [2.45, 2.75) is 43.9 Å². The number of aliphatic hydroxyl groups is 1. The molecule has 0 radical (unpaired) electrons. The van der Waals surface area contributed by atoms with Gasteiger partial charge in [-0.2, -0.15) is 26.3 Å². The van der Waals surface area contributed by atoms with E-state index in [-0.39, 0.29) is 40.2 Å². The van der Waals surface area contributed by atoms with Gasteiger partial charge in [-0.15, -0.1) is 6.58 Å². The highest BCUT2D eigenvalue weighted by Gasteiger charge is 2.54. The van der Waals surface area contributed by atoms with Crippen LogP contribution in [-0.2, 0) is 18.9 Å². The number of pyridine rings is 1. The van der Waals surface area contributed by atoms with Gasteiger partial charge in [0.1, 0.15) is 24.4 Å². The van der Waals surface area contributed by atoms with Crippen LogP contribution >= 0.6 is 0 Å². The van der Waals surface area contributed by atoms with Crippen molar-refractivity contribution >= 4 is 10.9 Å². The molecule has 2 bridgehead atoms. The van der Waals surface area contributed by atoms with Crippen molar-refractivity contribution in [1.29, 1.82) is 0 Å². The van der Waals surface area contributed by atoms with E-state index in [9.17, 15) is 36.6 Å². The Labute approximate surface area is 215 Å². The number of aliphatic hydroxyl groups excluding tert-OH is 1. The normalized spacial score (nSPS) is 26.4. The fourth-order valence-electron chi connectivity index (χ4n) is 6.48. The van der Waals surface area contributed by atoms with Gasteiger partial charge in [0, 0.05) is 35.9 Å². The maximum Gasteiger partial charge on any atom is 0.416 e. The first kappa shape index (κ1) is 26.5. The van der Waals surface area contributed by atoms with Crippen LogP contribution in [0.2, 0.25) is 0 Å². The molecule has 4 heterocycles. The maximum absolute atomic E-state index is 13.6. The van der Waals surface area contributed by atoms with Crippen molar-refractivity contribution in [3.05, 3.63) is 83.6 Å². The molecule has 6 rings (SSSR count). The first-order chi connectivity index (χ1) is 17.8. The third kappa shape index (κ3) is 4.75. The molecule has 202 valence electrons. The fraction of sp³-hybridized carbons (Fsp3) is 0.393. The Kier molecular flexibility index (Phi) is 6.46. The summed E-state index contributed by atoms with van der Waals surface area (Å²) in [5, 5.41) is 22.3. The summed E-state index contributed by atoms with van der Waals surface area (Å²) in [6.07, 6.45) is -6.37. The van der Waals surface area contributed by atoms with E-state index in [2.05, 4.69) is 11.6 Å². The van der Waals surface area contributed by atoms with Crippen molar-refractivity contribution in [1.82, 2.24) is 4.98 Å². The Morgan fingerprint density at radius 1 is 1.03 bits per heavy atom. The average molecular weight is 538 g/mol. The molecular formula is C28H27F6N2O2+. The third-order valence-corrected chi connectivity index (χ3v) is 8.26. The smallest absolute Gasteiger partial charge is 0.416 e. The number of fused-ring (bicyclic) bond motifs is 4. The van der Waals surface area contributed by atoms with E-state index < -0.39 is 35.6 Å². The zero-order chi connectivity index (χ0) is 27.5. The predicted molar refractivity (Wildman–Crippen MR) is 129 cm³/mol. The first-order valence-corrected chi connectivity index (χ1v) is 12.3. The molecule has 1 aromatic heterocycles. The minimum atomic E-state index is -4.94. The van der Waals surface area contributed by atoms with Gasteiger partial charge in [-0.1, -0.05) is 6.08 Å². The molecule has 3 saturated heterocycles. The minimum Gasteiger partial charge on any atom is -0.508 e. The minimum absolute atomic E-state index is 0.0105. The van der Waals surface area contributed by atoms with Gasteiger partial charge in [-0.05, 0) is 53.9 Å². The summed E-state index contributed by atoms with van der Waals surface area (Å²) in [4.78, 5) is 4.28. The predicted octanol–water partition coefficient (Wildman–Crippen LogP) is 6.62. The molecule has 2 N–H and O–H groups in total. The Balaban J connectivity index is 1.60. The Bertz CT molecular complexity index is 1340.